The number of rotatable bonds is 5. The molecule has 0 saturated heterocycles. The number of carbonyl (C=O) groups is 2. The molecular weight excluding hydrogens is 290 g/mol. The molecule has 1 aromatic heterocycles. The molecule has 1 heterocycles. The van der Waals surface area contributed by atoms with E-state index in [-0.39, 0.29) is 12.1 Å². The Labute approximate surface area is 136 Å². The third-order valence-corrected chi connectivity index (χ3v) is 3.51. The zero-order valence-electron chi connectivity index (χ0n) is 13.9. The summed E-state index contributed by atoms with van der Waals surface area (Å²) >= 11 is 0. The van der Waals surface area contributed by atoms with Crippen molar-refractivity contribution in [2.24, 2.45) is 5.41 Å². The fourth-order valence-electron chi connectivity index (χ4n) is 2.14. The summed E-state index contributed by atoms with van der Waals surface area (Å²) in [7, 11) is 0. The van der Waals surface area contributed by atoms with Gasteiger partial charge in [-0.2, -0.15) is 0 Å². The topological polar surface area (TPSA) is 56.3 Å². The summed E-state index contributed by atoms with van der Waals surface area (Å²) in [5, 5.41) is 1.01. The van der Waals surface area contributed by atoms with E-state index in [0.29, 0.717) is 5.69 Å². The SMILES string of the molecule is CC(=O)O[C@H](C)c1ccc2ccc(C=CC(C)(C)C=O)cc2n1. The van der Waals surface area contributed by atoms with E-state index in [1.54, 1.807) is 6.92 Å². The first-order chi connectivity index (χ1) is 10.8. The van der Waals surface area contributed by atoms with Gasteiger partial charge in [-0.1, -0.05) is 30.4 Å². The summed E-state index contributed by atoms with van der Waals surface area (Å²) < 4.78 is 5.17. The number of aldehydes is 1. The molecule has 120 valence electrons. The molecule has 4 heteroatoms. The predicted molar refractivity (Wildman–Crippen MR) is 90.8 cm³/mol. The summed E-state index contributed by atoms with van der Waals surface area (Å²) in [6.45, 7) is 6.89. The molecule has 0 aliphatic carbocycles. The third-order valence-electron chi connectivity index (χ3n) is 3.51. The van der Waals surface area contributed by atoms with Crippen LogP contribution >= 0.6 is 0 Å². The van der Waals surface area contributed by atoms with Gasteiger partial charge in [-0.15, -0.1) is 0 Å². The van der Waals surface area contributed by atoms with E-state index in [9.17, 15) is 9.59 Å². The molecule has 0 bridgehead atoms. The van der Waals surface area contributed by atoms with Gasteiger partial charge in [-0.05, 0) is 38.5 Å². The highest BCUT2D eigenvalue weighted by Crippen LogP contribution is 2.22. The number of hydrogen-bond donors (Lipinski definition) is 0. The Kier molecular flexibility index (Phi) is 4.94. The molecule has 0 amide bonds. The van der Waals surface area contributed by atoms with Crippen LogP contribution in [0.5, 0.6) is 0 Å². The molecule has 0 saturated carbocycles. The number of aromatic nitrogens is 1. The van der Waals surface area contributed by atoms with Crippen LogP contribution in [-0.2, 0) is 14.3 Å². The van der Waals surface area contributed by atoms with Crippen LogP contribution in [0.25, 0.3) is 17.0 Å². The predicted octanol–water partition coefficient (Wildman–Crippen LogP) is 4.10. The van der Waals surface area contributed by atoms with E-state index < -0.39 is 5.41 Å². The summed E-state index contributed by atoms with van der Waals surface area (Å²) in [6.07, 6.45) is 4.32. The van der Waals surface area contributed by atoms with Gasteiger partial charge >= 0.3 is 5.97 Å². The van der Waals surface area contributed by atoms with Crippen molar-refractivity contribution in [3.63, 3.8) is 0 Å². The number of ether oxygens (including phenoxy) is 1. The summed E-state index contributed by atoms with van der Waals surface area (Å²) in [5.41, 5.74) is 2.01. The first-order valence-electron chi connectivity index (χ1n) is 7.54. The van der Waals surface area contributed by atoms with Crippen molar-refractivity contribution in [2.75, 3.05) is 0 Å². The van der Waals surface area contributed by atoms with Crippen molar-refractivity contribution in [1.29, 1.82) is 0 Å². The average molecular weight is 311 g/mol. The molecule has 0 spiro atoms. The Hall–Kier alpha value is -2.49. The van der Waals surface area contributed by atoms with Crippen LogP contribution in [0, 0.1) is 5.41 Å². The molecule has 0 aliphatic heterocycles. The maximum absolute atomic E-state index is 11.1. The number of nitrogens with zero attached hydrogens (tertiary/aromatic N) is 1. The molecular formula is C19H21NO3. The van der Waals surface area contributed by atoms with Gasteiger partial charge in [0.25, 0.3) is 0 Å². The van der Waals surface area contributed by atoms with Gasteiger partial charge in [0, 0.05) is 17.7 Å². The van der Waals surface area contributed by atoms with Crippen molar-refractivity contribution in [1.82, 2.24) is 4.98 Å². The average Bonchev–Trinajstić information content (AvgIpc) is 2.51. The Morgan fingerprint density at radius 3 is 2.61 bits per heavy atom. The highest BCUT2D eigenvalue weighted by Gasteiger charge is 2.12. The Morgan fingerprint density at radius 2 is 1.96 bits per heavy atom. The molecule has 2 rings (SSSR count). The van der Waals surface area contributed by atoms with Gasteiger partial charge in [0.1, 0.15) is 12.4 Å². The highest BCUT2D eigenvalue weighted by atomic mass is 16.5. The van der Waals surface area contributed by atoms with Gasteiger partial charge in [-0.25, -0.2) is 4.98 Å². The highest BCUT2D eigenvalue weighted by molar-refractivity contribution is 5.81. The van der Waals surface area contributed by atoms with Crippen molar-refractivity contribution in [3.8, 4) is 0 Å². The molecule has 23 heavy (non-hydrogen) atoms. The number of esters is 1. The Balaban J connectivity index is 2.34. The number of carbonyl (C=O) groups excluding carboxylic acids is 2. The minimum absolute atomic E-state index is 0.327. The second-order valence-electron chi connectivity index (χ2n) is 6.21. The van der Waals surface area contributed by atoms with Crippen LogP contribution in [0.4, 0.5) is 0 Å². The van der Waals surface area contributed by atoms with Crippen LogP contribution in [0.2, 0.25) is 0 Å². The lowest BCUT2D eigenvalue weighted by molar-refractivity contribution is -0.146. The van der Waals surface area contributed by atoms with Gasteiger partial charge in [0.15, 0.2) is 0 Å². The number of hydrogen-bond acceptors (Lipinski definition) is 4. The van der Waals surface area contributed by atoms with Gasteiger partial charge in [0.2, 0.25) is 0 Å². The van der Waals surface area contributed by atoms with Crippen molar-refractivity contribution in [2.45, 2.75) is 33.8 Å². The van der Waals surface area contributed by atoms with Gasteiger partial charge in [-0.3, -0.25) is 4.79 Å². The van der Waals surface area contributed by atoms with Crippen molar-refractivity contribution < 1.29 is 14.3 Å². The van der Waals surface area contributed by atoms with E-state index in [0.717, 1.165) is 22.8 Å². The lowest BCUT2D eigenvalue weighted by Crippen LogP contribution is -2.07. The number of allylic oxidation sites excluding steroid dienone is 1. The molecule has 1 aromatic carbocycles. The van der Waals surface area contributed by atoms with Crippen LogP contribution in [0.15, 0.2) is 36.4 Å². The van der Waals surface area contributed by atoms with Crippen LogP contribution < -0.4 is 0 Å². The van der Waals surface area contributed by atoms with E-state index in [1.807, 2.05) is 56.3 Å². The Bertz CT molecular complexity index is 762. The first-order valence-corrected chi connectivity index (χ1v) is 7.54. The van der Waals surface area contributed by atoms with Crippen LogP contribution in [0.1, 0.15) is 45.1 Å². The summed E-state index contributed by atoms with van der Waals surface area (Å²) in [4.78, 5) is 26.6. The van der Waals surface area contributed by atoms with Crippen LogP contribution in [-0.4, -0.2) is 17.2 Å². The second kappa shape index (κ2) is 6.73. The third kappa shape index (κ3) is 4.49. The quantitative estimate of drug-likeness (QED) is 0.616. The summed E-state index contributed by atoms with van der Waals surface area (Å²) in [6, 6.07) is 9.74. The summed E-state index contributed by atoms with van der Waals surface area (Å²) in [5.74, 6) is -0.327. The van der Waals surface area contributed by atoms with Gasteiger partial charge in [0.05, 0.1) is 11.2 Å². The van der Waals surface area contributed by atoms with Gasteiger partial charge < -0.3 is 9.53 Å². The molecule has 4 nitrogen and oxygen atoms in total. The zero-order valence-corrected chi connectivity index (χ0v) is 13.9. The molecule has 1 atom stereocenters. The lowest BCUT2D eigenvalue weighted by Gasteiger charge is -2.12. The minimum Gasteiger partial charge on any atom is -0.456 e. The Morgan fingerprint density at radius 1 is 1.26 bits per heavy atom. The van der Waals surface area contributed by atoms with E-state index >= 15 is 0 Å². The van der Waals surface area contributed by atoms with Crippen molar-refractivity contribution in [3.05, 3.63) is 47.7 Å². The number of fused-ring (bicyclic) bond motifs is 1. The fourth-order valence-corrected chi connectivity index (χ4v) is 2.14. The molecule has 0 radical (unpaired) electrons. The van der Waals surface area contributed by atoms with E-state index in [2.05, 4.69) is 4.98 Å². The smallest absolute Gasteiger partial charge is 0.303 e. The monoisotopic (exact) mass is 311 g/mol. The molecule has 0 N–H and O–H groups in total. The maximum Gasteiger partial charge on any atom is 0.303 e. The number of benzene rings is 1. The van der Waals surface area contributed by atoms with E-state index in [4.69, 9.17) is 4.74 Å². The molecule has 0 unspecified atom stereocenters. The zero-order chi connectivity index (χ0) is 17.0. The maximum atomic E-state index is 11.1. The molecule has 0 aliphatic rings. The standard InChI is InChI=1S/C19H21NO3/c1-13(23-14(2)22)17-8-7-16-6-5-15(11-18(16)20-17)9-10-19(3,4)12-21/h5-13H,1-4H3/t13-/m1/s1. The minimum atomic E-state index is -0.492. The molecule has 2 aromatic rings. The second-order valence-corrected chi connectivity index (χ2v) is 6.21. The normalized spacial score (nSPS) is 13.2. The largest absolute Gasteiger partial charge is 0.456 e. The lowest BCUT2D eigenvalue weighted by atomic mass is 9.94. The van der Waals surface area contributed by atoms with Crippen LogP contribution in [0.3, 0.4) is 0 Å². The number of pyridine rings is 1. The van der Waals surface area contributed by atoms with Crippen molar-refractivity contribution >= 4 is 29.2 Å². The van der Waals surface area contributed by atoms with E-state index in [1.165, 1.54) is 6.92 Å². The fraction of sp³-hybridized carbons (Fsp3) is 0.316. The first kappa shape index (κ1) is 16.9. The molecule has 0 fully saturated rings.